The van der Waals surface area contributed by atoms with E-state index < -0.39 is 0 Å². The van der Waals surface area contributed by atoms with Gasteiger partial charge in [-0.05, 0) is 49.9 Å². The highest BCUT2D eigenvalue weighted by Crippen LogP contribution is 2.18. The highest BCUT2D eigenvalue weighted by atomic mass is 16.2. The Hall–Kier alpha value is -3.45. The molecule has 0 saturated carbocycles. The number of aromatic nitrogens is 4. The molecule has 4 rings (SSSR count). The van der Waals surface area contributed by atoms with Gasteiger partial charge in [0.15, 0.2) is 5.69 Å². The molecule has 0 aliphatic carbocycles. The molecule has 0 spiro atoms. The molecule has 1 amide bonds. The van der Waals surface area contributed by atoms with Gasteiger partial charge >= 0.3 is 0 Å². The number of carbonyl (C=O) groups is 1. The standard InChI is InChI=1S/C26H32N6O/c1-20-9-7-16-32-23(19-27-21(2)12-18-31-15-8-14-28-31)24(29-25(20)32)26(33)30(3)17-13-22-10-5-4-6-11-22/h4-11,14-16,21,27H,12-13,17-19H2,1-3H3/t21-/m1/s1. The van der Waals surface area contributed by atoms with Gasteiger partial charge in [0.05, 0.1) is 5.69 Å². The van der Waals surface area contributed by atoms with E-state index in [9.17, 15) is 4.79 Å². The highest BCUT2D eigenvalue weighted by Gasteiger charge is 2.23. The number of hydrogen-bond acceptors (Lipinski definition) is 4. The molecule has 1 aromatic carbocycles. The zero-order valence-corrected chi connectivity index (χ0v) is 19.6. The Morgan fingerprint density at radius 3 is 2.70 bits per heavy atom. The predicted molar refractivity (Wildman–Crippen MR) is 130 cm³/mol. The topological polar surface area (TPSA) is 67.5 Å². The SMILES string of the molecule is Cc1cccn2c(CN[C@H](C)CCn3cccn3)c(C(=O)N(C)CCc3ccccc3)nc12. The molecule has 0 bridgehead atoms. The minimum absolute atomic E-state index is 0.0463. The molecule has 7 heteroatoms. The number of hydrogen-bond donors (Lipinski definition) is 1. The van der Waals surface area contributed by atoms with Crippen molar-refractivity contribution in [3.05, 3.63) is 89.6 Å². The van der Waals surface area contributed by atoms with Crippen LogP contribution in [0.4, 0.5) is 0 Å². The fraction of sp³-hybridized carbons (Fsp3) is 0.346. The third kappa shape index (κ3) is 5.49. The largest absolute Gasteiger partial charge is 0.340 e. The van der Waals surface area contributed by atoms with Crippen LogP contribution in [0.2, 0.25) is 0 Å². The third-order valence-corrected chi connectivity index (χ3v) is 6.04. The van der Waals surface area contributed by atoms with E-state index in [0.29, 0.717) is 18.8 Å². The summed E-state index contributed by atoms with van der Waals surface area (Å²) in [6, 6.07) is 16.5. The smallest absolute Gasteiger partial charge is 0.274 e. The lowest BCUT2D eigenvalue weighted by atomic mass is 10.1. The van der Waals surface area contributed by atoms with Crippen LogP contribution in [0.3, 0.4) is 0 Å². The molecule has 0 aliphatic heterocycles. The molecule has 1 atom stereocenters. The van der Waals surface area contributed by atoms with E-state index in [-0.39, 0.29) is 11.9 Å². The summed E-state index contributed by atoms with van der Waals surface area (Å²) < 4.78 is 3.98. The first kappa shape index (κ1) is 22.7. The summed E-state index contributed by atoms with van der Waals surface area (Å²) in [6.07, 6.45) is 7.51. The third-order valence-electron chi connectivity index (χ3n) is 6.04. The maximum absolute atomic E-state index is 13.4. The first-order chi connectivity index (χ1) is 16.0. The zero-order valence-electron chi connectivity index (χ0n) is 19.6. The number of nitrogens with zero attached hydrogens (tertiary/aromatic N) is 5. The summed E-state index contributed by atoms with van der Waals surface area (Å²) in [5.74, 6) is -0.0463. The van der Waals surface area contributed by atoms with E-state index in [1.807, 2.05) is 71.8 Å². The number of fused-ring (bicyclic) bond motifs is 1. The molecule has 0 unspecified atom stereocenters. The summed E-state index contributed by atoms with van der Waals surface area (Å²) in [4.78, 5) is 19.9. The second-order valence-corrected chi connectivity index (χ2v) is 8.59. The van der Waals surface area contributed by atoms with Gasteiger partial charge in [-0.1, -0.05) is 36.4 Å². The van der Waals surface area contributed by atoms with E-state index >= 15 is 0 Å². The number of likely N-dealkylation sites (N-methyl/N-ethyl adjacent to an activating group) is 1. The van der Waals surface area contributed by atoms with Crippen LogP contribution in [0.1, 0.15) is 40.7 Å². The van der Waals surface area contributed by atoms with E-state index in [1.54, 1.807) is 11.1 Å². The summed E-state index contributed by atoms with van der Waals surface area (Å²) in [7, 11) is 1.85. The van der Waals surface area contributed by atoms with E-state index in [4.69, 9.17) is 4.98 Å². The van der Waals surface area contributed by atoms with Crippen LogP contribution in [-0.4, -0.2) is 49.6 Å². The minimum Gasteiger partial charge on any atom is -0.340 e. The first-order valence-electron chi connectivity index (χ1n) is 11.5. The molecular weight excluding hydrogens is 412 g/mol. The maximum Gasteiger partial charge on any atom is 0.274 e. The average molecular weight is 445 g/mol. The van der Waals surface area contributed by atoms with Gasteiger partial charge in [-0.3, -0.25) is 9.48 Å². The number of carbonyl (C=O) groups excluding carboxylic acids is 1. The van der Waals surface area contributed by atoms with Crippen LogP contribution in [0.5, 0.6) is 0 Å². The average Bonchev–Trinajstić information content (AvgIpc) is 3.48. The summed E-state index contributed by atoms with van der Waals surface area (Å²) >= 11 is 0. The number of pyridine rings is 1. The van der Waals surface area contributed by atoms with Crippen LogP contribution < -0.4 is 5.32 Å². The molecule has 172 valence electrons. The summed E-state index contributed by atoms with van der Waals surface area (Å²) in [5, 5.41) is 7.85. The lowest BCUT2D eigenvalue weighted by Crippen LogP contribution is -2.32. The Morgan fingerprint density at radius 1 is 1.12 bits per heavy atom. The van der Waals surface area contributed by atoms with Crippen molar-refractivity contribution in [3.63, 3.8) is 0 Å². The fourth-order valence-electron chi connectivity index (χ4n) is 3.95. The number of rotatable bonds is 10. The lowest BCUT2D eigenvalue weighted by Gasteiger charge is -2.18. The molecule has 3 heterocycles. The van der Waals surface area contributed by atoms with Crippen molar-refractivity contribution < 1.29 is 4.79 Å². The van der Waals surface area contributed by atoms with Crippen molar-refractivity contribution >= 4 is 11.6 Å². The van der Waals surface area contributed by atoms with E-state index in [1.165, 1.54) is 5.56 Å². The molecule has 0 fully saturated rings. The van der Waals surface area contributed by atoms with E-state index in [0.717, 1.165) is 36.3 Å². The van der Waals surface area contributed by atoms with Crippen LogP contribution in [0.25, 0.3) is 5.65 Å². The molecule has 1 N–H and O–H groups in total. The van der Waals surface area contributed by atoms with Gasteiger partial charge in [0.25, 0.3) is 5.91 Å². The summed E-state index contributed by atoms with van der Waals surface area (Å²) in [6.45, 7) is 6.24. The van der Waals surface area contributed by atoms with Gasteiger partial charge in [0, 0.05) is 51.3 Å². The van der Waals surface area contributed by atoms with Gasteiger partial charge in [0.2, 0.25) is 0 Å². The molecule has 33 heavy (non-hydrogen) atoms. The van der Waals surface area contributed by atoms with Crippen molar-refractivity contribution in [2.75, 3.05) is 13.6 Å². The van der Waals surface area contributed by atoms with Crippen molar-refractivity contribution in [1.82, 2.24) is 29.4 Å². The lowest BCUT2D eigenvalue weighted by molar-refractivity contribution is 0.0790. The molecule has 3 aromatic heterocycles. The second-order valence-electron chi connectivity index (χ2n) is 8.59. The van der Waals surface area contributed by atoms with Crippen molar-refractivity contribution in [2.45, 2.75) is 45.8 Å². The highest BCUT2D eigenvalue weighted by molar-refractivity contribution is 5.94. The van der Waals surface area contributed by atoms with Crippen LogP contribution in [0.15, 0.2) is 67.1 Å². The van der Waals surface area contributed by atoms with E-state index in [2.05, 4.69) is 29.5 Å². The van der Waals surface area contributed by atoms with Gasteiger partial charge in [0.1, 0.15) is 5.65 Å². The Bertz CT molecular complexity index is 1180. The number of aryl methyl sites for hydroxylation is 2. The quantitative estimate of drug-likeness (QED) is 0.405. The monoisotopic (exact) mass is 444 g/mol. The molecule has 4 aromatic rings. The molecular formula is C26H32N6O. The molecule has 0 aliphatic rings. The first-order valence-corrected chi connectivity index (χ1v) is 11.5. The van der Waals surface area contributed by atoms with Crippen molar-refractivity contribution in [3.8, 4) is 0 Å². The predicted octanol–water partition coefficient (Wildman–Crippen LogP) is 3.72. The Balaban J connectivity index is 1.48. The molecule has 0 radical (unpaired) electrons. The molecule has 0 saturated heterocycles. The second kappa shape index (κ2) is 10.4. The Morgan fingerprint density at radius 2 is 1.94 bits per heavy atom. The van der Waals surface area contributed by atoms with Crippen molar-refractivity contribution in [1.29, 1.82) is 0 Å². The maximum atomic E-state index is 13.4. The Labute approximate surface area is 195 Å². The van der Waals surface area contributed by atoms with Gasteiger partial charge in [-0.2, -0.15) is 5.10 Å². The van der Waals surface area contributed by atoms with Crippen LogP contribution in [-0.2, 0) is 19.5 Å². The number of imidazole rings is 1. The molecule has 7 nitrogen and oxygen atoms in total. The van der Waals surface area contributed by atoms with Gasteiger partial charge in [-0.25, -0.2) is 4.98 Å². The summed E-state index contributed by atoms with van der Waals surface area (Å²) in [5.41, 5.74) is 4.52. The van der Waals surface area contributed by atoms with Gasteiger partial charge < -0.3 is 14.6 Å². The van der Waals surface area contributed by atoms with Crippen molar-refractivity contribution in [2.24, 2.45) is 0 Å². The van der Waals surface area contributed by atoms with Crippen LogP contribution >= 0.6 is 0 Å². The van der Waals surface area contributed by atoms with Crippen LogP contribution in [0, 0.1) is 6.92 Å². The number of nitrogens with one attached hydrogen (secondary N) is 1. The fourth-order valence-corrected chi connectivity index (χ4v) is 3.95. The minimum atomic E-state index is -0.0463. The van der Waals surface area contributed by atoms with Gasteiger partial charge in [-0.15, -0.1) is 0 Å². The Kier molecular flexibility index (Phi) is 7.19. The normalized spacial score (nSPS) is 12.2. The zero-order chi connectivity index (χ0) is 23.2. The number of benzene rings is 1. The number of amides is 1.